The highest BCUT2D eigenvalue weighted by Crippen LogP contribution is 2.22. The highest BCUT2D eigenvalue weighted by atomic mass is 16.3. The molecule has 2 aromatic carbocycles. The number of carbonyl (C=O) groups excluding carboxylic acids is 1. The molecule has 6 heteroatoms. The summed E-state index contributed by atoms with van der Waals surface area (Å²) in [4.78, 5) is 17.0. The third-order valence-corrected chi connectivity index (χ3v) is 5.05. The lowest BCUT2D eigenvalue weighted by atomic mass is 10.0. The second-order valence-corrected chi connectivity index (χ2v) is 6.92. The summed E-state index contributed by atoms with van der Waals surface area (Å²) in [6.45, 7) is 0.674. The quantitative estimate of drug-likeness (QED) is 0.472. The van der Waals surface area contributed by atoms with E-state index in [1.807, 2.05) is 54.7 Å². The Labute approximate surface area is 167 Å². The Kier molecular flexibility index (Phi) is 4.37. The van der Waals surface area contributed by atoms with Crippen LogP contribution in [0.4, 0.5) is 0 Å². The summed E-state index contributed by atoms with van der Waals surface area (Å²) in [5.41, 5.74) is 5.45. The summed E-state index contributed by atoms with van der Waals surface area (Å²) in [5, 5.41) is 8.53. The van der Waals surface area contributed by atoms with Crippen LogP contribution < -0.4 is 0 Å². The van der Waals surface area contributed by atoms with Crippen molar-refractivity contribution in [3.05, 3.63) is 101 Å². The largest absolute Gasteiger partial charge is 0.469 e. The summed E-state index contributed by atoms with van der Waals surface area (Å²) < 4.78 is 6.99. The number of rotatable bonds is 6. The van der Waals surface area contributed by atoms with Gasteiger partial charge in [0.15, 0.2) is 5.78 Å². The number of hydrogen-bond acceptors (Lipinski definition) is 5. The minimum absolute atomic E-state index is 0.0872. The SMILES string of the molecule is O=C(CCc1ccco1)c1ccc(-n2cc(C3=NCc4ccccc43)nn2)cc1. The topological polar surface area (TPSA) is 73.3 Å². The minimum atomic E-state index is 0.0872. The van der Waals surface area contributed by atoms with Crippen LogP contribution in [-0.4, -0.2) is 26.5 Å². The molecule has 4 aromatic rings. The number of ketones is 1. The molecule has 0 bridgehead atoms. The number of benzene rings is 2. The zero-order valence-corrected chi connectivity index (χ0v) is 15.7. The molecule has 0 amide bonds. The molecular weight excluding hydrogens is 364 g/mol. The fourth-order valence-corrected chi connectivity index (χ4v) is 3.49. The molecule has 1 aliphatic heterocycles. The van der Waals surface area contributed by atoms with Crippen LogP contribution in [0.1, 0.15) is 39.4 Å². The van der Waals surface area contributed by atoms with Crippen LogP contribution in [0.15, 0.2) is 82.5 Å². The van der Waals surface area contributed by atoms with Crippen molar-refractivity contribution < 1.29 is 9.21 Å². The number of hydrogen-bond donors (Lipinski definition) is 0. The van der Waals surface area contributed by atoms with E-state index < -0.39 is 0 Å². The Morgan fingerprint density at radius 2 is 1.90 bits per heavy atom. The average Bonchev–Trinajstić information content (AvgIpc) is 3.52. The maximum absolute atomic E-state index is 12.4. The van der Waals surface area contributed by atoms with Gasteiger partial charge in [0, 0.05) is 24.0 Å². The van der Waals surface area contributed by atoms with Crippen LogP contribution in [-0.2, 0) is 13.0 Å². The van der Waals surface area contributed by atoms with Gasteiger partial charge in [0.25, 0.3) is 0 Å². The number of aryl methyl sites for hydroxylation is 1. The first-order valence-electron chi connectivity index (χ1n) is 9.49. The molecule has 0 saturated heterocycles. The summed E-state index contributed by atoms with van der Waals surface area (Å²) in [6.07, 6.45) is 4.51. The lowest BCUT2D eigenvalue weighted by molar-refractivity contribution is 0.0981. The maximum atomic E-state index is 12.4. The van der Waals surface area contributed by atoms with E-state index in [1.54, 1.807) is 10.9 Å². The van der Waals surface area contributed by atoms with Gasteiger partial charge in [-0.2, -0.15) is 0 Å². The molecular formula is C23H18N4O2. The second-order valence-electron chi connectivity index (χ2n) is 6.92. The van der Waals surface area contributed by atoms with E-state index in [1.165, 1.54) is 5.56 Å². The van der Waals surface area contributed by atoms with Crippen LogP contribution in [0.25, 0.3) is 5.69 Å². The lowest BCUT2D eigenvalue weighted by Gasteiger charge is -2.03. The Morgan fingerprint density at radius 1 is 1.03 bits per heavy atom. The predicted molar refractivity (Wildman–Crippen MR) is 109 cm³/mol. The molecule has 2 aromatic heterocycles. The number of carbonyl (C=O) groups is 1. The normalized spacial score (nSPS) is 12.6. The molecule has 0 unspecified atom stereocenters. The molecule has 0 aliphatic carbocycles. The van der Waals surface area contributed by atoms with Gasteiger partial charge in [-0.25, -0.2) is 4.68 Å². The van der Waals surface area contributed by atoms with Crippen molar-refractivity contribution in [3.8, 4) is 5.69 Å². The Morgan fingerprint density at radius 3 is 2.72 bits per heavy atom. The van der Waals surface area contributed by atoms with E-state index in [0.29, 0.717) is 24.9 Å². The van der Waals surface area contributed by atoms with Crippen LogP contribution in [0.3, 0.4) is 0 Å². The fourth-order valence-electron chi connectivity index (χ4n) is 3.49. The number of furan rings is 1. The molecule has 0 saturated carbocycles. The Balaban J connectivity index is 1.31. The minimum Gasteiger partial charge on any atom is -0.469 e. The maximum Gasteiger partial charge on any atom is 0.163 e. The van der Waals surface area contributed by atoms with Crippen molar-refractivity contribution in [2.45, 2.75) is 19.4 Å². The predicted octanol–water partition coefficient (Wildman–Crippen LogP) is 4.03. The van der Waals surface area contributed by atoms with Gasteiger partial charge in [-0.3, -0.25) is 9.79 Å². The van der Waals surface area contributed by atoms with Crippen molar-refractivity contribution in [1.82, 2.24) is 15.0 Å². The average molecular weight is 382 g/mol. The summed E-state index contributed by atoms with van der Waals surface area (Å²) in [6, 6.07) is 19.3. The molecule has 6 nitrogen and oxygen atoms in total. The van der Waals surface area contributed by atoms with E-state index in [2.05, 4.69) is 27.4 Å². The zero-order valence-electron chi connectivity index (χ0n) is 15.7. The smallest absolute Gasteiger partial charge is 0.163 e. The Hall–Kier alpha value is -3.80. The molecule has 142 valence electrons. The zero-order chi connectivity index (χ0) is 19.6. The van der Waals surface area contributed by atoms with Crippen molar-refractivity contribution in [1.29, 1.82) is 0 Å². The summed E-state index contributed by atoms with van der Waals surface area (Å²) in [5.74, 6) is 0.908. The van der Waals surface area contributed by atoms with Gasteiger partial charge < -0.3 is 4.42 Å². The van der Waals surface area contributed by atoms with Crippen LogP contribution in [0, 0.1) is 0 Å². The molecule has 0 atom stereocenters. The molecule has 0 radical (unpaired) electrons. The van der Waals surface area contributed by atoms with Crippen LogP contribution in [0.5, 0.6) is 0 Å². The van der Waals surface area contributed by atoms with Crippen molar-refractivity contribution in [2.24, 2.45) is 4.99 Å². The number of aromatic nitrogens is 3. The van der Waals surface area contributed by atoms with Gasteiger partial charge in [-0.1, -0.05) is 29.5 Å². The second kappa shape index (κ2) is 7.31. The molecule has 29 heavy (non-hydrogen) atoms. The van der Waals surface area contributed by atoms with Crippen molar-refractivity contribution in [2.75, 3.05) is 0 Å². The van der Waals surface area contributed by atoms with Gasteiger partial charge in [0.05, 0.1) is 30.4 Å². The van der Waals surface area contributed by atoms with Gasteiger partial charge in [0.2, 0.25) is 0 Å². The number of aliphatic imine (C=N–C) groups is 1. The van der Waals surface area contributed by atoms with E-state index in [0.717, 1.165) is 28.4 Å². The van der Waals surface area contributed by atoms with Crippen molar-refractivity contribution in [3.63, 3.8) is 0 Å². The van der Waals surface area contributed by atoms with Gasteiger partial charge in [0.1, 0.15) is 11.5 Å². The highest BCUT2D eigenvalue weighted by Gasteiger charge is 2.19. The standard InChI is InChI=1S/C23H18N4O2/c28-22(12-11-19-5-3-13-29-19)16-7-9-18(10-8-16)27-15-21(25-26-27)23-20-6-2-1-4-17(20)14-24-23/h1-10,13,15H,11-12,14H2. The monoisotopic (exact) mass is 382 g/mol. The van der Waals surface area contributed by atoms with Gasteiger partial charge in [-0.05, 0) is 42.0 Å². The van der Waals surface area contributed by atoms with Crippen molar-refractivity contribution >= 4 is 11.5 Å². The molecule has 3 heterocycles. The lowest BCUT2D eigenvalue weighted by Crippen LogP contribution is -2.02. The van der Waals surface area contributed by atoms with E-state index in [-0.39, 0.29) is 5.78 Å². The Bertz CT molecular complexity index is 1190. The first-order chi connectivity index (χ1) is 14.3. The van der Waals surface area contributed by atoms with Crippen LogP contribution >= 0.6 is 0 Å². The molecule has 5 rings (SSSR count). The molecule has 0 fully saturated rings. The first-order valence-corrected chi connectivity index (χ1v) is 9.49. The number of fused-ring (bicyclic) bond motifs is 1. The van der Waals surface area contributed by atoms with E-state index in [9.17, 15) is 4.79 Å². The highest BCUT2D eigenvalue weighted by molar-refractivity contribution is 6.13. The fraction of sp³-hybridized carbons (Fsp3) is 0.130. The molecule has 1 aliphatic rings. The van der Waals surface area contributed by atoms with Gasteiger partial charge in [-0.15, -0.1) is 5.10 Å². The van der Waals surface area contributed by atoms with E-state index in [4.69, 9.17) is 4.42 Å². The molecule has 0 N–H and O–H groups in total. The third kappa shape index (κ3) is 3.40. The molecule has 0 spiro atoms. The summed E-state index contributed by atoms with van der Waals surface area (Å²) in [7, 11) is 0. The van der Waals surface area contributed by atoms with Gasteiger partial charge >= 0.3 is 0 Å². The van der Waals surface area contributed by atoms with Crippen LogP contribution in [0.2, 0.25) is 0 Å². The third-order valence-electron chi connectivity index (χ3n) is 5.05. The number of Topliss-reactive ketones (excluding diaryl/α,β-unsaturated/α-hetero) is 1. The first kappa shape index (κ1) is 17.3. The number of nitrogens with zero attached hydrogens (tertiary/aromatic N) is 4. The van der Waals surface area contributed by atoms with E-state index >= 15 is 0 Å². The summed E-state index contributed by atoms with van der Waals surface area (Å²) >= 11 is 0.